The first kappa shape index (κ1) is 20.3. The van der Waals surface area contributed by atoms with Crippen LogP contribution in [0.25, 0.3) is 0 Å². The molecule has 0 amide bonds. The summed E-state index contributed by atoms with van der Waals surface area (Å²) in [4.78, 5) is 11.5. The molecule has 1 aromatic heterocycles. The van der Waals surface area contributed by atoms with Gasteiger partial charge in [-0.05, 0) is 45.4 Å². The van der Waals surface area contributed by atoms with E-state index in [1.54, 1.807) is 0 Å². The lowest BCUT2D eigenvalue weighted by Crippen LogP contribution is -2.38. The van der Waals surface area contributed by atoms with Crippen LogP contribution in [0.3, 0.4) is 0 Å². The third kappa shape index (κ3) is 5.75. The molecule has 2 rings (SSSR count). The molecule has 26 heavy (non-hydrogen) atoms. The predicted molar refractivity (Wildman–Crippen MR) is 109 cm³/mol. The molecular weight excluding hydrogens is 350 g/mol. The van der Waals surface area contributed by atoms with E-state index >= 15 is 0 Å². The number of rotatable bonds is 9. The molecule has 2 aromatic rings. The average molecular weight is 378 g/mol. The molecule has 0 bridgehead atoms. The van der Waals surface area contributed by atoms with Gasteiger partial charge in [-0.15, -0.1) is 0 Å². The lowest BCUT2D eigenvalue weighted by atomic mass is 10.2. The summed E-state index contributed by atoms with van der Waals surface area (Å²) in [6.45, 7) is 9.58. The van der Waals surface area contributed by atoms with Crippen molar-refractivity contribution in [2.75, 3.05) is 28.7 Å². The van der Waals surface area contributed by atoms with Crippen LogP contribution in [-0.2, 0) is 6.54 Å². The number of anilines is 3. The van der Waals surface area contributed by atoms with Crippen molar-refractivity contribution in [3.05, 3.63) is 40.9 Å². The van der Waals surface area contributed by atoms with Crippen LogP contribution in [0.1, 0.15) is 33.3 Å². The minimum Gasteiger partial charge on any atom is -0.395 e. The van der Waals surface area contributed by atoms with E-state index in [0.717, 1.165) is 11.4 Å². The lowest BCUT2D eigenvalue weighted by Gasteiger charge is -2.31. The first-order valence-electron chi connectivity index (χ1n) is 8.91. The van der Waals surface area contributed by atoms with Crippen molar-refractivity contribution in [2.24, 2.45) is 0 Å². The van der Waals surface area contributed by atoms with Gasteiger partial charge in [0, 0.05) is 36.3 Å². The van der Waals surface area contributed by atoms with Crippen molar-refractivity contribution in [3.63, 3.8) is 0 Å². The Morgan fingerprint density at radius 3 is 2.27 bits per heavy atom. The van der Waals surface area contributed by atoms with E-state index in [0.29, 0.717) is 29.9 Å². The normalized spacial score (nSPS) is 11.1. The highest BCUT2D eigenvalue weighted by molar-refractivity contribution is 6.30. The molecule has 1 heterocycles. The zero-order valence-corrected chi connectivity index (χ0v) is 16.6. The van der Waals surface area contributed by atoms with Crippen molar-refractivity contribution in [1.82, 2.24) is 9.97 Å². The summed E-state index contributed by atoms with van der Waals surface area (Å²) >= 11 is 6.05. The van der Waals surface area contributed by atoms with Gasteiger partial charge in [0.05, 0.1) is 6.61 Å². The highest BCUT2D eigenvalue weighted by Gasteiger charge is 2.18. The van der Waals surface area contributed by atoms with Gasteiger partial charge in [-0.1, -0.05) is 23.7 Å². The quantitative estimate of drug-likeness (QED) is 0.617. The van der Waals surface area contributed by atoms with E-state index in [-0.39, 0.29) is 18.7 Å². The van der Waals surface area contributed by atoms with Crippen LogP contribution in [0.4, 0.5) is 17.6 Å². The number of aliphatic hydroxyl groups is 1. The van der Waals surface area contributed by atoms with E-state index < -0.39 is 0 Å². The van der Waals surface area contributed by atoms with Gasteiger partial charge in [-0.25, -0.2) is 0 Å². The summed E-state index contributed by atoms with van der Waals surface area (Å²) in [6.07, 6.45) is 0. The second kappa shape index (κ2) is 9.59. The fourth-order valence-electron chi connectivity index (χ4n) is 2.81. The molecule has 0 radical (unpaired) electrons. The standard InChI is InChI=1S/C19H28ClN5O/c1-13(2)25(14(3)4)19-23-17(21-8-9-26)11-18(24-19)22-12-15-6-5-7-16(20)10-15/h5-7,10-11,13-14,26H,8-9,12H2,1-4H3,(H2,21,22,23,24). The molecule has 0 aliphatic carbocycles. The van der Waals surface area contributed by atoms with Crippen LogP contribution in [-0.4, -0.2) is 40.3 Å². The number of hydrogen-bond donors (Lipinski definition) is 3. The Hall–Kier alpha value is -2.05. The molecule has 0 aliphatic heterocycles. The molecule has 7 heteroatoms. The minimum atomic E-state index is 0.0443. The van der Waals surface area contributed by atoms with Gasteiger partial charge < -0.3 is 20.6 Å². The summed E-state index contributed by atoms with van der Waals surface area (Å²) < 4.78 is 0. The highest BCUT2D eigenvalue weighted by Crippen LogP contribution is 2.22. The van der Waals surface area contributed by atoms with Crippen molar-refractivity contribution < 1.29 is 5.11 Å². The highest BCUT2D eigenvalue weighted by atomic mass is 35.5. The van der Waals surface area contributed by atoms with Crippen LogP contribution < -0.4 is 15.5 Å². The van der Waals surface area contributed by atoms with E-state index in [2.05, 4.69) is 48.2 Å². The summed E-state index contributed by atoms with van der Waals surface area (Å²) in [5, 5.41) is 16.3. The van der Waals surface area contributed by atoms with Crippen LogP contribution in [0.15, 0.2) is 30.3 Å². The molecule has 142 valence electrons. The minimum absolute atomic E-state index is 0.0443. The number of aromatic nitrogens is 2. The maximum atomic E-state index is 9.09. The average Bonchev–Trinajstić information content (AvgIpc) is 2.57. The molecule has 0 saturated carbocycles. The number of nitrogens with zero attached hydrogens (tertiary/aromatic N) is 3. The van der Waals surface area contributed by atoms with Gasteiger partial charge >= 0.3 is 0 Å². The molecule has 0 fully saturated rings. The van der Waals surface area contributed by atoms with E-state index in [4.69, 9.17) is 21.7 Å². The molecule has 0 atom stereocenters. The van der Waals surface area contributed by atoms with Gasteiger partial charge in [0.25, 0.3) is 0 Å². The van der Waals surface area contributed by atoms with Crippen LogP contribution in [0, 0.1) is 0 Å². The number of halogens is 1. The number of aliphatic hydroxyl groups excluding tert-OH is 1. The van der Waals surface area contributed by atoms with Gasteiger partial charge in [0.15, 0.2) is 0 Å². The molecular formula is C19H28ClN5O. The summed E-state index contributed by atoms with van der Waals surface area (Å²) in [6, 6.07) is 10.1. The van der Waals surface area contributed by atoms with Crippen molar-refractivity contribution in [1.29, 1.82) is 0 Å². The van der Waals surface area contributed by atoms with Gasteiger partial charge in [0.2, 0.25) is 5.95 Å². The van der Waals surface area contributed by atoms with E-state index in [9.17, 15) is 0 Å². The van der Waals surface area contributed by atoms with Crippen molar-refractivity contribution >= 4 is 29.2 Å². The Kier molecular flexibility index (Phi) is 7.48. The third-order valence-corrected chi connectivity index (χ3v) is 4.07. The summed E-state index contributed by atoms with van der Waals surface area (Å²) in [5.74, 6) is 2.07. The maximum absolute atomic E-state index is 9.09. The predicted octanol–water partition coefficient (Wildman–Crippen LogP) is 3.77. The molecule has 1 aromatic carbocycles. The smallest absolute Gasteiger partial charge is 0.229 e. The Bertz CT molecular complexity index is 700. The maximum Gasteiger partial charge on any atom is 0.229 e. The second-order valence-corrected chi connectivity index (χ2v) is 7.10. The third-order valence-electron chi connectivity index (χ3n) is 3.84. The number of hydrogen-bond acceptors (Lipinski definition) is 6. The van der Waals surface area contributed by atoms with Gasteiger partial charge in [0.1, 0.15) is 11.6 Å². The van der Waals surface area contributed by atoms with Gasteiger partial charge in [-0.2, -0.15) is 9.97 Å². The van der Waals surface area contributed by atoms with Crippen LogP contribution in [0.5, 0.6) is 0 Å². The molecule has 6 nitrogen and oxygen atoms in total. The molecule has 0 saturated heterocycles. The van der Waals surface area contributed by atoms with E-state index in [1.807, 2.05) is 30.3 Å². The van der Waals surface area contributed by atoms with Crippen LogP contribution >= 0.6 is 11.6 Å². The first-order chi connectivity index (χ1) is 12.4. The molecule has 0 spiro atoms. The Morgan fingerprint density at radius 2 is 1.69 bits per heavy atom. The Balaban J connectivity index is 2.27. The van der Waals surface area contributed by atoms with E-state index in [1.165, 1.54) is 0 Å². The van der Waals surface area contributed by atoms with Crippen molar-refractivity contribution in [3.8, 4) is 0 Å². The Labute approximate surface area is 160 Å². The zero-order chi connectivity index (χ0) is 19.1. The number of benzene rings is 1. The molecule has 0 unspecified atom stereocenters. The molecule has 3 N–H and O–H groups in total. The van der Waals surface area contributed by atoms with Crippen LogP contribution in [0.2, 0.25) is 5.02 Å². The number of nitrogens with one attached hydrogen (secondary N) is 2. The fraction of sp³-hybridized carbons (Fsp3) is 0.474. The lowest BCUT2D eigenvalue weighted by molar-refractivity contribution is 0.311. The molecule has 0 aliphatic rings. The summed E-state index contributed by atoms with van der Waals surface area (Å²) in [5.41, 5.74) is 1.08. The fourth-order valence-corrected chi connectivity index (χ4v) is 3.03. The SMILES string of the molecule is CC(C)N(c1nc(NCCO)cc(NCc2cccc(Cl)c2)n1)C(C)C. The van der Waals surface area contributed by atoms with Gasteiger partial charge in [-0.3, -0.25) is 0 Å². The monoisotopic (exact) mass is 377 g/mol. The summed E-state index contributed by atoms with van der Waals surface area (Å²) in [7, 11) is 0. The Morgan fingerprint density at radius 1 is 1.04 bits per heavy atom. The largest absolute Gasteiger partial charge is 0.395 e. The zero-order valence-electron chi connectivity index (χ0n) is 15.8. The second-order valence-electron chi connectivity index (χ2n) is 6.67. The topological polar surface area (TPSA) is 73.3 Å². The van der Waals surface area contributed by atoms with Crippen molar-refractivity contribution in [2.45, 2.75) is 46.3 Å². The first-order valence-corrected chi connectivity index (χ1v) is 9.29.